The van der Waals surface area contributed by atoms with Gasteiger partial charge in [-0.3, -0.25) is 0 Å². The van der Waals surface area contributed by atoms with E-state index >= 15 is 0 Å². The molecular weight excluding hydrogens is 202 g/mol. The monoisotopic (exact) mass is 215 g/mol. The standard InChI is InChI=1S/C12H13N3O/c16-9-5-8(6-9)14-12-7-13-15-11-4-2-1-3-10(11)12/h1-4,7-9,16H,5-6H2,(H,14,15). The topological polar surface area (TPSA) is 58.0 Å². The molecule has 2 aromatic rings. The van der Waals surface area contributed by atoms with Crippen molar-refractivity contribution in [2.24, 2.45) is 0 Å². The number of anilines is 1. The van der Waals surface area contributed by atoms with Gasteiger partial charge in [0, 0.05) is 11.4 Å². The first-order valence-electron chi connectivity index (χ1n) is 5.48. The average molecular weight is 215 g/mol. The molecule has 1 heterocycles. The van der Waals surface area contributed by atoms with E-state index in [9.17, 15) is 5.11 Å². The molecule has 2 N–H and O–H groups in total. The van der Waals surface area contributed by atoms with Gasteiger partial charge in [0.1, 0.15) is 0 Å². The minimum absolute atomic E-state index is 0.140. The number of hydrogen-bond donors (Lipinski definition) is 2. The Hall–Kier alpha value is -1.68. The third kappa shape index (κ3) is 1.61. The fourth-order valence-corrected chi connectivity index (χ4v) is 2.05. The molecule has 1 aromatic carbocycles. The van der Waals surface area contributed by atoms with E-state index < -0.39 is 0 Å². The van der Waals surface area contributed by atoms with Crippen LogP contribution in [0.5, 0.6) is 0 Å². The van der Waals surface area contributed by atoms with Gasteiger partial charge in [-0.1, -0.05) is 18.2 Å². The van der Waals surface area contributed by atoms with Crippen molar-refractivity contribution in [2.45, 2.75) is 25.0 Å². The highest BCUT2D eigenvalue weighted by atomic mass is 16.3. The molecule has 0 amide bonds. The number of nitrogens with zero attached hydrogens (tertiary/aromatic N) is 2. The van der Waals surface area contributed by atoms with Gasteiger partial charge in [0.05, 0.1) is 23.5 Å². The smallest absolute Gasteiger partial charge is 0.0950 e. The van der Waals surface area contributed by atoms with Crippen LogP contribution in [0.25, 0.3) is 10.9 Å². The molecule has 1 fully saturated rings. The maximum atomic E-state index is 9.24. The Morgan fingerprint density at radius 2 is 2.06 bits per heavy atom. The highest BCUT2D eigenvalue weighted by Crippen LogP contribution is 2.27. The number of aliphatic hydroxyl groups excluding tert-OH is 1. The zero-order valence-corrected chi connectivity index (χ0v) is 8.80. The van der Waals surface area contributed by atoms with E-state index in [4.69, 9.17) is 0 Å². The number of aromatic nitrogens is 2. The molecule has 1 aliphatic carbocycles. The Labute approximate surface area is 93.3 Å². The number of nitrogens with one attached hydrogen (secondary N) is 1. The van der Waals surface area contributed by atoms with Crippen LogP contribution in [0.1, 0.15) is 12.8 Å². The molecule has 4 nitrogen and oxygen atoms in total. The minimum Gasteiger partial charge on any atom is -0.393 e. The highest BCUT2D eigenvalue weighted by molar-refractivity contribution is 5.90. The van der Waals surface area contributed by atoms with Crippen LogP contribution < -0.4 is 5.32 Å². The molecule has 1 aliphatic rings. The summed E-state index contributed by atoms with van der Waals surface area (Å²) in [7, 11) is 0. The Kier molecular flexibility index (Phi) is 2.22. The van der Waals surface area contributed by atoms with Gasteiger partial charge in [0.2, 0.25) is 0 Å². The van der Waals surface area contributed by atoms with Crippen molar-refractivity contribution in [3.63, 3.8) is 0 Å². The number of aliphatic hydroxyl groups is 1. The third-order valence-electron chi connectivity index (χ3n) is 3.02. The van der Waals surface area contributed by atoms with Crippen LogP contribution in [-0.4, -0.2) is 27.4 Å². The van der Waals surface area contributed by atoms with Crippen molar-refractivity contribution in [1.82, 2.24) is 10.2 Å². The van der Waals surface area contributed by atoms with Crippen LogP contribution in [0.2, 0.25) is 0 Å². The Morgan fingerprint density at radius 1 is 1.25 bits per heavy atom. The van der Waals surface area contributed by atoms with Crippen LogP contribution in [-0.2, 0) is 0 Å². The van der Waals surface area contributed by atoms with E-state index in [0.717, 1.165) is 29.4 Å². The van der Waals surface area contributed by atoms with Crippen LogP contribution in [0.15, 0.2) is 30.5 Å². The number of hydrogen-bond acceptors (Lipinski definition) is 4. The van der Waals surface area contributed by atoms with Gasteiger partial charge in [-0.05, 0) is 18.9 Å². The lowest BCUT2D eigenvalue weighted by Crippen LogP contribution is -2.39. The maximum absolute atomic E-state index is 9.24. The molecular formula is C12H13N3O. The summed E-state index contributed by atoms with van der Waals surface area (Å²) in [6, 6.07) is 8.28. The lowest BCUT2D eigenvalue weighted by Gasteiger charge is -2.32. The van der Waals surface area contributed by atoms with Gasteiger partial charge in [0.25, 0.3) is 0 Å². The van der Waals surface area contributed by atoms with Gasteiger partial charge < -0.3 is 10.4 Å². The molecule has 0 unspecified atom stereocenters. The molecule has 0 saturated heterocycles. The molecule has 0 bridgehead atoms. The molecule has 0 aliphatic heterocycles. The Balaban J connectivity index is 1.91. The van der Waals surface area contributed by atoms with E-state index in [1.54, 1.807) is 6.20 Å². The second kappa shape index (κ2) is 3.72. The van der Waals surface area contributed by atoms with Crippen LogP contribution in [0.3, 0.4) is 0 Å². The van der Waals surface area contributed by atoms with E-state index in [1.807, 2.05) is 24.3 Å². The van der Waals surface area contributed by atoms with Gasteiger partial charge in [-0.15, -0.1) is 0 Å². The summed E-state index contributed by atoms with van der Waals surface area (Å²) >= 11 is 0. The van der Waals surface area contributed by atoms with Crippen LogP contribution in [0, 0.1) is 0 Å². The number of rotatable bonds is 2. The van der Waals surface area contributed by atoms with E-state index in [2.05, 4.69) is 15.5 Å². The summed E-state index contributed by atoms with van der Waals surface area (Å²) in [6.07, 6.45) is 3.24. The first kappa shape index (κ1) is 9.54. The molecule has 82 valence electrons. The molecule has 0 atom stereocenters. The minimum atomic E-state index is -0.140. The molecule has 16 heavy (non-hydrogen) atoms. The first-order chi connectivity index (χ1) is 7.83. The van der Waals surface area contributed by atoms with Crippen molar-refractivity contribution >= 4 is 16.6 Å². The van der Waals surface area contributed by atoms with E-state index in [0.29, 0.717) is 6.04 Å². The lowest BCUT2D eigenvalue weighted by atomic mass is 9.89. The van der Waals surface area contributed by atoms with Crippen molar-refractivity contribution in [2.75, 3.05) is 5.32 Å². The third-order valence-corrected chi connectivity index (χ3v) is 3.02. The molecule has 4 heteroatoms. The normalized spacial score (nSPS) is 24.1. The summed E-state index contributed by atoms with van der Waals surface area (Å²) < 4.78 is 0. The van der Waals surface area contributed by atoms with E-state index in [-0.39, 0.29) is 6.10 Å². The fraction of sp³-hybridized carbons (Fsp3) is 0.333. The second-order valence-corrected chi connectivity index (χ2v) is 4.24. The fourth-order valence-electron chi connectivity index (χ4n) is 2.05. The van der Waals surface area contributed by atoms with Gasteiger partial charge in [0.15, 0.2) is 0 Å². The molecule has 0 radical (unpaired) electrons. The molecule has 3 rings (SSSR count). The highest BCUT2D eigenvalue weighted by Gasteiger charge is 2.27. The molecule has 0 spiro atoms. The average Bonchev–Trinajstić information content (AvgIpc) is 2.27. The Bertz CT molecular complexity index is 503. The SMILES string of the molecule is OC1CC(Nc2cnnc3ccccc23)C1. The summed E-state index contributed by atoms with van der Waals surface area (Å²) in [5.41, 5.74) is 1.90. The van der Waals surface area contributed by atoms with Crippen molar-refractivity contribution in [3.05, 3.63) is 30.5 Å². The van der Waals surface area contributed by atoms with Crippen molar-refractivity contribution in [3.8, 4) is 0 Å². The second-order valence-electron chi connectivity index (χ2n) is 4.24. The zero-order valence-electron chi connectivity index (χ0n) is 8.80. The van der Waals surface area contributed by atoms with Crippen LogP contribution >= 0.6 is 0 Å². The largest absolute Gasteiger partial charge is 0.393 e. The van der Waals surface area contributed by atoms with E-state index in [1.165, 1.54) is 0 Å². The summed E-state index contributed by atoms with van der Waals surface area (Å²) in [5.74, 6) is 0. The van der Waals surface area contributed by atoms with Crippen LogP contribution in [0.4, 0.5) is 5.69 Å². The molecule has 1 aromatic heterocycles. The van der Waals surface area contributed by atoms with Gasteiger partial charge in [-0.2, -0.15) is 10.2 Å². The predicted octanol–water partition coefficient (Wildman–Crippen LogP) is 1.56. The first-order valence-corrected chi connectivity index (χ1v) is 5.48. The van der Waals surface area contributed by atoms with Crippen molar-refractivity contribution < 1.29 is 5.11 Å². The number of fused-ring (bicyclic) bond motifs is 1. The Morgan fingerprint density at radius 3 is 2.88 bits per heavy atom. The van der Waals surface area contributed by atoms with Crippen molar-refractivity contribution in [1.29, 1.82) is 0 Å². The summed E-state index contributed by atoms with van der Waals surface area (Å²) in [5, 5.41) is 21.8. The molecule has 1 saturated carbocycles. The lowest BCUT2D eigenvalue weighted by molar-refractivity contribution is 0.0837. The zero-order chi connectivity index (χ0) is 11.0. The quantitative estimate of drug-likeness (QED) is 0.798. The maximum Gasteiger partial charge on any atom is 0.0950 e. The summed E-state index contributed by atoms with van der Waals surface area (Å²) in [4.78, 5) is 0. The summed E-state index contributed by atoms with van der Waals surface area (Å²) in [6.45, 7) is 0. The van der Waals surface area contributed by atoms with Gasteiger partial charge >= 0.3 is 0 Å². The number of benzene rings is 1. The predicted molar refractivity (Wildman–Crippen MR) is 62.2 cm³/mol. The van der Waals surface area contributed by atoms with Gasteiger partial charge in [-0.25, -0.2) is 0 Å².